The van der Waals surface area contributed by atoms with Crippen LogP contribution >= 0.6 is 0 Å². The second kappa shape index (κ2) is 5.23. The maximum atomic E-state index is 9.64. The molecule has 92 valence electrons. The Morgan fingerprint density at radius 3 is 2.59 bits per heavy atom. The van der Waals surface area contributed by atoms with Crippen LogP contribution in [0.25, 0.3) is 5.57 Å². The maximum absolute atomic E-state index is 9.64. The molecule has 2 rings (SSSR count). The van der Waals surface area contributed by atoms with Gasteiger partial charge in [-0.25, -0.2) is 0 Å². The zero-order chi connectivity index (χ0) is 12.3. The summed E-state index contributed by atoms with van der Waals surface area (Å²) in [6, 6.07) is 5.87. The molecule has 1 aromatic carbocycles. The van der Waals surface area contributed by atoms with E-state index in [2.05, 4.69) is 0 Å². The summed E-state index contributed by atoms with van der Waals surface area (Å²) in [5.74, 6) is 1.46. The molecular weight excluding hydrogens is 216 g/mol. The molecule has 1 aliphatic carbocycles. The van der Waals surface area contributed by atoms with Crippen molar-refractivity contribution in [3.8, 4) is 11.5 Å². The van der Waals surface area contributed by atoms with Gasteiger partial charge in [0.05, 0.1) is 20.3 Å². The Morgan fingerprint density at radius 2 is 1.94 bits per heavy atom. The molecule has 0 radical (unpaired) electrons. The van der Waals surface area contributed by atoms with Gasteiger partial charge in [0, 0.05) is 0 Å². The van der Waals surface area contributed by atoms with Crippen molar-refractivity contribution in [2.24, 2.45) is 0 Å². The van der Waals surface area contributed by atoms with Crippen molar-refractivity contribution >= 4 is 5.57 Å². The van der Waals surface area contributed by atoms with Gasteiger partial charge < -0.3 is 14.6 Å². The summed E-state index contributed by atoms with van der Waals surface area (Å²) in [5.41, 5.74) is 2.28. The average molecular weight is 234 g/mol. The molecule has 1 aromatic rings. The van der Waals surface area contributed by atoms with Crippen molar-refractivity contribution in [2.75, 3.05) is 14.2 Å². The fourth-order valence-corrected chi connectivity index (χ4v) is 2.18. The first-order valence-corrected chi connectivity index (χ1v) is 5.85. The molecule has 0 saturated carbocycles. The normalized spacial score (nSPS) is 19.7. The van der Waals surface area contributed by atoms with Crippen LogP contribution in [0.15, 0.2) is 24.3 Å². The molecule has 3 nitrogen and oxygen atoms in total. The Hall–Kier alpha value is -1.48. The van der Waals surface area contributed by atoms with Gasteiger partial charge in [0.15, 0.2) is 11.5 Å². The van der Waals surface area contributed by atoms with E-state index < -0.39 is 0 Å². The largest absolute Gasteiger partial charge is 0.493 e. The van der Waals surface area contributed by atoms with E-state index in [0.717, 1.165) is 36.3 Å². The van der Waals surface area contributed by atoms with Crippen molar-refractivity contribution in [1.82, 2.24) is 0 Å². The van der Waals surface area contributed by atoms with E-state index in [1.54, 1.807) is 14.2 Å². The van der Waals surface area contributed by atoms with Gasteiger partial charge in [-0.15, -0.1) is 0 Å². The maximum Gasteiger partial charge on any atom is 0.161 e. The first-order valence-electron chi connectivity index (χ1n) is 5.85. The van der Waals surface area contributed by atoms with Crippen LogP contribution in [0.4, 0.5) is 0 Å². The Labute approximate surface area is 102 Å². The summed E-state index contributed by atoms with van der Waals surface area (Å²) in [5, 5.41) is 9.64. The van der Waals surface area contributed by atoms with Gasteiger partial charge in [0.2, 0.25) is 0 Å². The predicted molar refractivity (Wildman–Crippen MR) is 67.4 cm³/mol. The Balaban J connectivity index is 2.33. The molecule has 0 fully saturated rings. The molecule has 0 unspecified atom stereocenters. The number of ether oxygens (including phenoxy) is 2. The summed E-state index contributed by atoms with van der Waals surface area (Å²) in [6.45, 7) is 0. The van der Waals surface area contributed by atoms with E-state index in [0.29, 0.717) is 0 Å². The number of methoxy groups -OCH3 is 2. The average Bonchev–Trinajstić information content (AvgIpc) is 2.38. The molecule has 0 aliphatic heterocycles. The summed E-state index contributed by atoms with van der Waals surface area (Å²) in [4.78, 5) is 0. The highest BCUT2D eigenvalue weighted by Gasteiger charge is 2.14. The van der Waals surface area contributed by atoms with Crippen LogP contribution in [0.5, 0.6) is 11.5 Å². The lowest BCUT2D eigenvalue weighted by atomic mass is 9.92. The number of allylic oxidation sites excluding steroid dienone is 1. The predicted octanol–water partition coefficient (Wildman–Crippen LogP) is 2.63. The van der Waals surface area contributed by atoms with Crippen molar-refractivity contribution in [2.45, 2.75) is 25.4 Å². The first-order chi connectivity index (χ1) is 8.24. The summed E-state index contributed by atoms with van der Waals surface area (Å²) >= 11 is 0. The number of hydrogen-bond donors (Lipinski definition) is 1. The van der Waals surface area contributed by atoms with E-state index >= 15 is 0 Å². The van der Waals surface area contributed by atoms with Crippen molar-refractivity contribution in [1.29, 1.82) is 0 Å². The minimum atomic E-state index is -0.313. The number of hydrogen-bond acceptors (Lipinski definition) is 3. The van der Waals surface area contributed by atoms with Crippen LogP contribution in [-0.2, 0) is 0 Å². The van der Waals surface area contributed by atoms with Crippen LogP contribution in [-0.4, -0.2) is 25.4 Å². The van der Waals surface area contributed by atoms with E-state index in [1.807, 2.05) is 24.3 Å². The van der Waals surface area contributed by atoms with E-state index in [4.69, 9.17) is 9.47 Å². The second-order valence-electron chi connectivity index (χ2n) is 4.22. The lowest BCUT2D eigenvalue weighted by Crippen LogP contribution is -2.08. The molecular formula is C14H18O3. The number of rotatable bonds is 3. The molecule has 0 amide bonds. The SMILES string of the molecule is COc1ccc(C2=C[C@@H](O)CCC2)cc1OC. The highest BCUT2D eigenvalue weighted by atomic mass is 16.5. The molecule has 0 heterocycles. The minimum absolute atomic E-state index is 0.313. The van der Waals surface area contributed by atoms with Crippen LogP contribution < -0.4 is 9.47 Å². The van der Waals surface area contributed by atoms with Gasteiger partial charge in [0.25, 0.3) is 0 Å². The fourth-order valence-electron chi connectivity index (χ4n) is 2.18. The number of aliphatic hydroxyl groups excluding tert-OH is 1. The molecule has 1 aliphatic rings. The molecule has 3 heteroatoms. The van der Waals surface area contributed by atoms with E-state index in [1.165, 1.54) is 5.57 Å². The Morgan fingerprint density at radius 1 is 1.18 bits per heavy atom. The minimum Gasteiger partial charge on any atom is -0.493 e. The molecule has 1 N–H and O–H groups in total. The highest BCUT2D eigenvalue weighted by Crippen LogP contribution is 2.33. The van der Waals surface area contributed by atoms with E-state index in [9.17, 15) is 5.11 Å². The van der Waals surface area contributed by atoms with Gasteiger partial charge >= 0.3 is 0 Å². The first kappa shape index (κ1) is 12.0. The van der Waals surface area contributed by atoms with Crippen LogP contribution in [0.2, 0.25) is 0 Å². The molecule has 0 bridgehead atoms. The van der Waals surface area contributed by atoms with Gasteiger partial charge in [-0.2, -0.15) is 0 Å². The molecule has 0 saturated heterocycles. The third kappa shape index (κ3) is 2.61. The summed E-state index contributed by atoms with van der Waals surface area (Å²) in [6.07, 6.45) is 4.52. The molecule has 0 spiro atoms. The van der Waals surface area contributed by atoms with Gasteiger partial charge in [-0.1, -0.05) is 12.1 Å². The zero-order valence-electron chi connectivity index (χ0n) is 10.3. The fraction of sp³-hybridized carbons (Fsp3) is 0.429. The smallest absolute Gasteiger partial charge is 0.161 e. The van der Waals surface area contributed by atoms with Crippen LogP contribution in [0, 0.1) is 0 Å². The van der Waals surface area contributed by atoms with Crippen molar-refractivity contribution in [3.63, 3.8) is 0 Å². The summed E-state index contributed by atoms with van der Waals surface area (Å²) in [7, 11) is 3.26. The lowest BCUT2D eigenvalue weighted by Gasteiger charge is -2.18. The third-order valence-corrected chi connectivity index (χ3v) is 3.09. The topological polar surface area (TPSA) is 38.7 Å². The van der Waals surface area contributed by atoms with Gasteiger partial charge in [-0.05, 0) is 42.5 Å². The number of aliphatic hydroxyl groups is 1. The molecule has 1 atom stereocenters. The van der Waals surface area contributed by atoms with Crippen LogP contribution in [0.3, 0.4) is 0 Å². The quantitative estimate of drug-likeness (QED) is 0.873. The third-order valence-electron chi connectivity index (χ3n) is 3.09. The summed E-state index contributed by atoms with van der Waals surface area (Å²) < 4.78 is 10.5. The molecule has 17 heavy (non-hydrogen) atoms. The van der Waals surface area contributed by atoms with Crippen molar-refractivity contribution < 1.29 is 14.6 Å². The lowest BCUT2D eigenvalue weighted by molar-refractivity contribution is 0.206. The van der Waals surface area contributed by atoms with Crippen molar-refractivity contribution in [3.05, 3.63) is 29.8 Å². The Bertz CT molecular complexity index is 423. The van der Waals surface area contributed by atoms with E-state index in [-0.39, 0.29) is 6.10 Å². The standard InChI is InChI=1S/C14H18O3/c1-16-13-7-6-11(9-14(13)17-2)10-4-3-5-12(15)8-10/h6-9,12,15H,3-5H2,1-2H3/t12-/m0/s1. The zero-order valence-corrected chi connectivity index (χ0v) is 10.3. The Kier molecular flexibility index (Phi) is 3.69. The molecule has 0 aromatic heterocycles. The van der Waals surface area contributed by atoms with Gasteiger partial charge in [-0.3, -0.25) is 0 Å². The van der Waals surface area contributed by atoms with Gasteiger partial charge in [0.1, 0.15) is 0 Å². The second-order valence-corrected chi connectivity index (χ2v) is 4.22. The van der Waals surface area contributed by atoms with Crippen LogP contribution in [0.1, 0.15) is 24.8 Å². The highest BCUT2D eigenvalue weighted by molar-refractivity contribution is 5.69. The monoisotopic (exact) mass is 234 g/mol. The number of benzene rings is 1.